The van der Waals surface area contributed by atoms with Gasteiger partial charge in [-0.1, -0.05) is 24.1 Å². The fraction of sp³-hybridized carbons (Fsp3) is 0.609. The van der Waals surface area contributed by atoms with Gasteiger partial charge in [0.05, 0.1) is 14.2 Å². The van der Waals surface area contributed by atoms with E-state index in [0.29, 0.717) is 36.2 Å². The lowest BCUT2D eigenvalue weighted by Crippen LogP contribution is -2.51. The van der Waals surface area contributed by atoms with E-state index in [0.717, 1.165) is 36.6 Å². The van der Waals surface area contributed by atoms with Crippen LogP contribution in [0.5, 0.6) is 11.5 Å². The molecule has 2 N–H and O–H groups in total. The maximum atomic E-state index is 12.7. The summed E-state index contributed by atoms with van der Waals surface area (Å²) >= 11 is 5.62. The SMILES string of the molecule is COc1ccc(CNC(=O)C2=NOC3(CCN(C(=S)NC4CCCC4)CC3)C2)cc1OC. The topological polar surface area (TPSA) is 84.4 Å². The van der Waals surface area contributed by atoms with Crippen LogP contribution in [0.2, 0.25) is 0 Å². The molecule has 4 rings (SSSR count). The van der Waals surface area contributed by atoms with Crippen molar-refractivity contribution in [1.29, 1.82) is 0 Å². The number of hydrogen-bond acceptors (Lipinski definition) is 6. The van der Waals surface area contributed by atoms with E-state index < -0.39 is 5.60 Å². The second-order valence-electron chi connectivity index (χ2n) is 8.78. The number of carbonyl (C=O) groups excluding carboxylic acids is 1. The summed E-state index contributed by atoms with van der Waals surface area (Å²) in [6, 6.07) is 6.09. The molecule has 0 aromatic heterocycles. The Morgan fingerprint density at radius 2 is 1.94 bits per heavy atom. The molecule has 0 radical (unpaired) electrons. The van der Waals surface area contributed by atoms with Gasteiger partial charge in [-0.25, -0.2) is 0 Å². The lowest BCUT2D eigenvalue weighted by Gasteiger charge is -2.38. The first-order valence-corrected chi connectivity index (χ1v) is 11.7. The number of hydrogen-bond donors (Lipinski definition) is 2. The lowest BCUT2D eigenvalue weighted by atomic mass is 9.87. The Kier molecular flexibility index (Phi) is 7.03. The number of ether oxygens (including phenoxy) is 2. The van der Waals surface area contributed by atoms with Crippen LogP contribution in [0.3, 0.4) is 0 Å². The van der Waals surface area contributed by atoms with Gasteiger partial charge in [0.2, 0.25) is 0 Å². The van der Waals surface area contributed by atoms with Crippen LogP contribution in [0, 0.1) is 0 Å². The number of likely N-dealkylation sites (tertiary alicyclic amines) is 1. The monoisotopic (exact) mass is 460 g/mol. The molecule has 1 saturated heterocycles. The van der Waals surface area contributed by atoms with Gasteiger partial charge in [-0.15, -0.1) is 0 Å². The van der Waals surface area contributed by atoms with Crippen LogP contribution < -0.4 is 20.1 Å². The number of nitrogens with one attached hydrogen (secondary N) is 2. The molecule has 3 aliphatic rings. The van der Waals surface area contributed by atoms with E-state index in [1.165, 1.54) is 25.7 Å². The second-order valence-corrected chi connectivity index (χ2v) is 9.17. The van der Waals surface area contributed by atoms with Crippen LogP contribution in [0.25, 0.3) is 0 Å². The van der Waals surface area contributed by atoms with Crippen LogP contribution >= 0.6 is 12.2 Å². The first kappa shape index (κ1) is 22.6. The van der Waals surface area contributed by atoms with E-state index in [2.05, 4.69) is 20.7 Å². The van der Waals surface area contributed by atoms with Crippen LogP contribution in [0.15, 0.2) is 23.4 Å². The average molecular weight is 461 g/mol. The number of benzene rings is 1. The second kappa shape index (κ2) is 9.94. The third-order valence-corrected chi connectivity index (χ3v) is 7.02. The van der Waals surface area contributed by atoms with Crippen molar-refractivity contribution in [2.45, 2.75) is 63.1 Å². The van der Waals surface area contributed by atoms with Crippen molar-refractivity contribution in [3.63, 3.8) is 0 Å². The quantitative estimate of drug-likeness (QED) is 0.632. The molecule has 1 saturated carbocycles. The normalized spacial score (nSPS) is 19.9. The molecule has 2 aliphatic heterocycles. The van der Waals surface area contributed by atoms with E-state index in [1.54, 1.807) is 14.2 Å². The maximum Gasteiger partial charge on any atom is 0.269 e. The number of piperidine rings is 1. The molecule has 0 unspecified atom stereocenters. The first-order valence-electron chi connectivity index (χ1n) is 11.3. The van der Waals surface area contributed by atoms with Gasteiger partial charge in [-0.3, -0.25) is 4.79 Å². The van der Waals surface area contributed by atoms with Crippen LogP contribution in [-0.2, 0) is 16.2 Å². The molecule has 0 bridgehead atoms. The first-order chi connectivity index (χ1) is 15.5. The van der Waals surface area contributed by atoms with Gasteiger partial charge in [-0.05, 0) is 42.8 Å². The summed E-state index contributed by atoms with van der Waals surface area (Å²) in [5.74, 6) is 1.09. The molecule has 1 aromatic carbocycles. The Bertz CT molecular complexity index is 877. The summed E-state index contributed by atoms with van der Waals surface area (Å²) in [7, 11) is 3.19. The van der Waals surface area contributed by atoms with Gasteiger partial charge >= 0.3 is 0 Å². The van der Waals surface area contributed by atoms with Crippen molar-refractivity contribution in [1.82, 2.24) is 15.5 Å². The highest BCUT2D eigenvalue weighted by Crippen LogP contribution is 2.35. The molecule has 0 atom stereocenters. The predicted octanol–water partition coefficient (Wildman–Crippen LogP) is 2.75. The number of nitrogens with zero attached hydrogens (tertiary/aromatic N) is 2. The molecule has 2 fully saturated rings. The van der Waals surface area contributed by atoms with E-state index in [9.17, 15) is 4.79 Å². The van der Waals surface area contributed by atoms with Crippen molar-refractivity contribution in [2.75, 3.05) is 27.3 Å². The van der Waals surface area contributed by atoms with Gasteiger partial charge in [0.15, 0.2) is 16.6 Å². The van der Waals surface area contributed by atoms with Crippen LogP contribution in [0.1, 0.15) is 50.5 Å². The van der Waals surface area contributed by atoms with Gasteiger partial charge in [0.25, 0.3) is 5.91 Å². The Morgan fingerprint density at radius 3 is 2.62 bits per heavy atom. The maximum absolute atomic E-state index is 12.7. The van der Waals surface area contributed by atoms with E-state index in [1.807, 2.05) is 18.2 Å². The fourth-order valence-electron chi connectivity index (χ4n) is 4.64. The van der Waals surface area contributed by atoms with Crippen molar-refractivity contribution >= 4 is 28.9 Å². The molecular formula is C23H32N4O4S. The molecular weight excluding hydrogens is 428 g/mol. The summed E-state index contributed by atoms with van der Waals surface area (Å²) in [4.78, 5) is 20.7. The molecule has 1 aromatic rings. The third-order valence-electron chi connectivity index (χ3n) is 6.65. The number of carbonyl (C=O) groups is 1. The summed E-state index contributed by atoms with van der Waals surface area (Å²) in [6.45, 7) is 2.00. The highest BCUT2D eigenvalue weighted by atomic mass is 32.1. The van der Waals surface area contributed by atoms with Crippen molar-refractivity contribution in [3.05, 3.63) is 23.8 Å². The minimum Gasteiger partial charge on any atom is -0.493 e. The van der Waals surface area contributed by atoms with Gasteiger partial charge in [-0.2, -0.15) is 0 Å². The number of methoxy groups -OCH3 is 2. The number of amides is 1. The number of oxime groups is 1. The molecule has 1 amide bonds. The molecule has 1 spiro atoms. The predicted molar refractivity (Wildman–Crippen MR) is 126 cm³/mol. The van der Waals surface area contributed by atoms with Crippen LogP contribution in [-0.4, -0.2) is 60.6 Å². The Hall–Kier alpha value is -2.55. The minimum absolute atomic E-state index is 0.197. The molecule has 1 aliphatic carbocycles. The van der Waals surface area contributed by atoms with E-state index in [4.69, 9.17) is 26.5 Å². The molecule has 174 valence electrons. The average Bonchev–Trinajstić information content (AvgIpc) is 3.48. The zero-order valence-corrected chi connectivity index (χ0v) is 19.6. The van der Waals surface area contributed by atoms with Gasteiger partial charge < -0.3 is 29.8 Å². The fourth-order valence-corrected chi connectivity index (χ4v) is 4.99. The zero-order valence-electron chi connectivity index (χ0n) is 18.8. The van der Waals surface area contributed by atoms with Gasteiger partial charge in [0.1, 0.15) is 11.3 Å². The smallest absolute Gasteiger partial charge is 0.269 e. The molecule has 8 nitrogen and oxygen atoms in total. The standard InChI is InChI=1S/C23H32N4O4S/c1-29-19-8-7-16(13-20(19)30-2)15-24-21(28)18-14-23(31-26-18)9-11-27(12-10-23)22(32)25-17-5-3-4-6-17/h7-8,13,17H,3-6,9-12,14-15H2,1-2H3,(H,24,28)(H,25,32). The highest BCUT2D eigenvalue weighted by Gasteiger charge is 2.44. The highest BCUT2D eigenvalue weighted by molar-refractivity contribution is 7.80. The Morgan fingerprint density at radius 1 is 1.22 bits per heavy atom. The number of thiocarbonyl (C=S) groups is 1. The lowest BCUT2D eigenvalue weighted by molar-refractivity contribution is -0.115. The van der Waals surface area contributed by atoms with Crippen molar-refractivity contribution < 1.29 is 19.1 Å². The third kappa shape index (κ3) is 5.09. The Balaban J connectivity index is 1.24. The zero-order chi connectivity index (χ0) is 22.6. The van der Waals surface area contributed by atoms with Crippen molar-refractivity contribution in [3.8, 4) is 11.5 Å². The minimum atomic E-state index is -0.393. The summed E-state index contributed by atoms with van der Waals surface area (Å²) in [6.07, 6.45) is 7.11. The largest absolute Gasteiger partial charge is 0.493 e. The van der Waals surface area contributed by atoms with Gasteiger partial charge in [0, 0.05) is 44.9 Å². The van der Waals surface area contributed by atoms with E-state index >= 15 is 0 Å². The van der Waals surface area contributed by atoms with E-state index in [-0.39, 0.29) is 5.91 Å². The van der Waals surface area contributed by atoms with Crippen LogP contribution in [0.4, 0.5) is 0 Å². The summed E-state index contributed by atoms with van der Waals surface area (Å²) in [5, 5.41) is 11.4. The molecule has 32 heavy (non-hydrogen) atoms. The molecule has 9 heteroatoms. The number of rotatable bonds is 6. The van der Waals surface area contributed by atoms with Crippen molar-refractivity contribution in [2.24, 2.45) is 5.16 Å². The summed E-state index contributed by atoms with van der Waals surface area (Å²) in [5.41, 5.74) is 0.975. The summed E-state index contributed by atoms with van der Waals surface area (Å²) < 4.78 is 10.6. The Labute approximate surface area is 194 Å². The molecule has 2 heterocycles.